The normalized spacial score (nSPS) is 16.1. The van der Waals surface area contributed by atoms with Crippen molar-refractivity contribution in [2.45, 2.75) is 31.9 Å². The lowest BCUT2D eigenvalue weighted by atomic mass is 10.0. The minimum absolute atomic E-state index is 0.276. The molecular weight excluding hydrogens is 321 g/mol. The molecule has 2 atom stereocenters. The first-order chi connectivity index (χ1) is 12.0. The van der Waals surface area contributed by atoms with Crippen molar-refractivity contribution >= 4 is 5.91 Å². The number of ether oxygens (including phenoxy) is 1. The van der Waals surface area contributed by atoms with Gasteiger partial charge >= 0.3 is 0 Å². The fraction of sp³-hybridized carbons (Fsp3) is 0.350. The molecule has 0 aromatic heterocycles. The van der Waals surface area contributed by atoms with Crippen molar-refractivity contribution in [3.63, 3.8) is 0 Å². The van der Waals surface area contributed by atoms with Gasteiger partial charge in [0.2, 0.25) is 0 Å². The molecule has 3 rings (SSSR count). The van der Waals surface area contributed by atoms with Crippen LogP contribution in [0.2, 0.25) is 0 Å². The second-order valence-electron chi connectivity index (χ2n) is 6.54. The van der Waals surface area contributed by atoms with Gasteiger partial charge in [-0.15, -0.1) is 0 Å². The zero-order chi connectivity index (χ0) is 17.8. The standard InChI is InChI=1S/C20H22FNO3/c1-13(19(23)15-4-8-17(21)9-5-15)22-20(24)16-6-10-18(11-7-16)25-12-14-2-3-14/h4-11,13-14,19,23H,2-3,12H2,1H3,(H,22,24). The first kappa shape index (κ1) is 17.4. The Morgan fingerprint density at radius 3 is 2.44 bits per heavy atom. The van der Waals surface area contributed by atoms with Crippen LogP contribution in [0.5, 0.6) is 5.75 Å². The summed E-state index contributed by atoms with van der Waals surface area (Å²) in [5, 5.41) is 13.1. The van der Waals surface area contributed by atoms with Crippen molar-refractivity contribution < 1.29 is 19.0 Å². The van der Waals surface area contributed by atoms with Crippen molar-refractivity contribution in [2.75, 3.05) is 6.61 Å². The van der Waals surface area contributed by atoms with Gasteiger partial charge in [-0.05, 0) is 67.6 Å². The Labute approximate surface area is 146 Å². The number of benzene rings is 2. The molecule has 1 amide bonds. The molecule has 5 heteroatoms. The molecule has 132 valence electrons. The smallest absolute Gasteiger partial charge is 0.251 e. The zero-order valence-electron chi connectivity index (χ0n) is 14.1. The number of hydrogen-bond donors (Lipinski definition) is 2. The van der Waals surface area contributed by atoms with Crippen LogP contribution in [-0.4, -0.2) is 23.7 Å². The number of nitrogens with one attached hydrogen (secondary N) is 1. The Balaban J connectivity index is 1.55. The topological polar surface area (TPSA) is 58.6 Å². The van der Waals surface area contributed by atoms with E-state index in [0.717, 1.165) is 12.4 Å². The van der Waals surface area contributed by atoms with E-state index in [1.807, 2.05) is 0 Å². The average molecular weight is 343 g/mol. The molecule has 0 heterocycles. The Hall–Kier alpha value is -2.40. The molecule has 2 N–H and O–H groups in total. The summed E-state index contributed by atoms with van der Waals surface area (Å²) in [7, 11) is 0. The van der Waals surface area contributed by atoms with Gasteiger partial charge < -0.3 is 15.2 Å². The maximum Gasteiger partial charge on any atom is 0.251 e. The summed E-state index contributed by atoms with van der Waals surface area (Å²) in [5.41, 5.74) is 1.05. The quantitative estimate of drug-likeness (QED) is 0.809. The third kappa shape index (κ3) is 4.79. The molecule has 0 spiro atoms. The highest BCUT2D eigenvalue weighted by Crippen LogP contribution is 2.29. The Morgan fingerprint density at radius 2 is 1.84 bits per heavy atom. The van der Waals surface area contributed by atoms with Crippen LogP contribution in [0.4, 0.5) is 4.39 Å². The van der Waals surface area contributed by atoms with E-state index in [2.05, 4.69) is 5.32 Å². The highest BCUT2D eigenvalue weighted by atomic mass is 19.1. The van der Waals surface area contributed by atoms with Gasteiger partial charge in [0.05, 0.1) is 18.8 Å². The highest BCUT2D eigenvalue weighted by Gasteiger charge is 2.22. The summed E-state index contributed by atoms with van der Waals surface area (Å²) in [4.78, 5) is 12.3. The van der Waals surface area contributed by atoms with Crippen LogP contribution in [0, 0.1) is 11.7 Å². The summed E-state index contributed by atoms with van der Waals surface area (Å²) >= 11 is 0. The first-order valence-corrected chi connectivity index (χ1v) is 8.50. The number of carbonyl (C=O) groups excluding carboxylic acids is 1. The van der Waals surface area contributed by atoms with E-state index in [0.29, 0.717) is 17.0 Å². The lowest BCUT2D eigenvalue weighted by molar-refractivity contribution is 0.0852. The fourth-order valence-corrected chi connectivity index (χ4v) is 2.52. The van der Waals surface area contributed by atoms with E-state index in [1.54, 1.807) is 31.2 Å². The van der Waals surface area contributed by atoms with Crippen molar-refractivity contribution in [1.29, 1.82) is 0 Å². The fourth-order valence-electron chi connectivity index (χ4n) is 2.52. The lowest BCUT2D eigenvalue weighted by Crippen LogP contribution is -2.37. The van der Waals surface area contributed by atoms with Crippen molar-refractivity contribution in [1.82, 2.24) is 5.32 Å². The van der Waals surface area contributed by atoms with Crippen molar-refractivity contribution in [3.8, 4) is 5.75 Å². The molecule has 0 aliphatic heterocycles. The molecule has 2 unspecified atom stereocenters. The maximum atomic E-state index is 13.0. The monoisotopic (exact) mass is 343 g/mol. The van der Waals surface area contributed by atoms with Gasteiger partial charge in [-0.25, -0.2) is 4.39 Å². The summed E-state index contributed by atoms with van der Waals surface area (Å²) in [6.07, 6.45) is 1.55. The second-order valence-corrected chi connectivity index (χ2v) is 6.54. The summed E-state index contributed by atoms with van der Waals surface area (Å²) in [5.74, 6) is 0.790. The third-order valence-corrected chi connectivity index (χ3v) is 4.34. The van der Waals surface area contributed by atoms with E-state index < -0.39 is 12.1 Å². The molecular formula is C20H22FNO3. The van der Waals surface area contributed by atoms with Crippen molar-refractivity contribution in [2.24, 2.45) is 5.92 Å². The van der Waals surface area contributed by atoms with Crippen LogP contribution in [0.15, 0.2) is 48.5 Å². The van der Waals surface area contributed by atoms with Gasteiger partial charge in [0, 0.05) is 5.56 Å². The molecule has 1 aliphatic carbocycles. The third-order valence-electron chi connectivity index (χ3n) is 4.34. The van der Waals surface area contributed by atoms with Crippen LogP contribution >= 0.6 is 0 Å². The van der Waals surface area contributed by atoms with E-state index in [4.69, 9.17) is 4.74 Å². The number of amides is 1. The minimum atomic E-state index is -0.911. The molecule has 2 aromatic carbocycles. The zero-order valence-corrected chi connectivity index (χ0v) is 14.1. The molecule has 1 saturated carbocycles. The Morgan fingerprint density at radius 1 is 1.20 bits per heavy atom. The number of aliphatic hydroxyl groups is 1. The predicted molar refractivity (Wildman–Crippen MR) is 92.9 cm³/mol. The van der Waals surface area contributed by atoms with Gasteiger partial charge in [0.1, 0.15) is 11.6 Å². The molecule has 0 saturated heterocycles. The summed E-state index contributed by atoms with van der Waals surface area (Å²) in [6.45, 7) is 2.44. The molecule has 1 aliphatic rings. The van der Waals surface area contributed by atoms with Gasteiger partial charge in [0.25, 0.3) is 5.91 Å². The maximum absolute atomic E-state index is 13.0. The van der Waals surface area contributed by atoms with Gasteiger partial charge in [-0.2, -0.15) is 0 Å². The van der Waals surface area contributed by atoms with Crippen LogP contribution < -0.4 is 10.1 Å². The predicted octanol–water partition coefficient (Wildman–Crippen LogP) is 3.47. The van der Waals surface area contributed by atoms with Gasteiger partial charge in [-0.1, -0.05) is 12.1 Å². The molecule has 0 radical (unpaired) electrons. The molecule has 4 nitrogen and oxygen atoms in total. The van der Waals surface area contributed by atoms with Crippen molar-refractivity contribution in [3.05, 3.63) is 65.5 Å². The lowest BCUT2D eigenvalue weighted by Gasteiger charge is -2.20. The summed E-state index contributed by atoms with van der Waals surface area (Å²) < 4.78 is 18.6. The second kappa shape index (κ2) is 7.66. The highest BCUT2D eigenvalue weighted by molar-refractivity contribution is 5.94. The van der Waals surface area contributed by atoms with E-state index in [-0.39, 0.29) is 11.7 Å². The van der Waals surface area contributed by atoms with Crippen LogP contribution in [0.3, 0.4) is 0 Å². The van der Waals surface area contributed by atoms with E-state index in [1.165, 1.54) is 37.1 Å². The Bertz CT molecular complexity index is 711. The number of halogens is 1. The van der Waals surface area contributed by atoms with E-state index in [9.17, 15) is 14.3 Å². The van der Waals surface area contributed by atoms with Crippen LogP contribution in [0.25, 0.3) is 0 Å². The van der Waals surface area contributed by atoms with Crippen LogP contribution in [0.1, 0.15) is 41.8 Å². The number of carbonyl (C=O) groups is 1. The largest absolute Gasteiger partial charge is 0.493 e. The summed E-state index contributed by atoms with van der Waals surface area (Å²) in [6, 6.07) is 12.0. The minimum Gasteiger partial charge on any atom is -0.493 e. The number of aliphatic hydroxyl groups excluding tert-OH is 1. The Kier molecular flexibility index (Phi) is 5.34. The first-order valence-electron chi connectivity index (χ1n) is 8.50. The van der Waals surface area contributed by atoms with Gasteiger partial charge in [0.15, 0.2) is 0 Å². The molecule has 0 bridgehead atoms. The average Bonchev–Trinajstić information content (AvgIpc) is 3.45. The number of rotatable bonds is 7. The molecule has 25 heavy (non-hydrogen) atoms. The molecule has 1 fully saturated rings. The van der Waals surface area contributed by atoms with Gasteiger partial charge in [-0.3, -0.25) is 4.79 Å². The number of hydrogen-bond acceptors (Lipinski definition) is 3. The molecule has 2 aromatic rings. The van der Waals surface area contributed by atoms with Crippen LogP contribution in [-0.2, 0) is 0 Å². The van der Waals surface area contributed by atoms with E-state index >= 15 is 0 Å². The SMILES string of the molecule is CC(NC(=O)c1ccc(OCC2CC2)cc1)C(O)c1ccc(F)cc1.